The zero-order chi connectivity index (χ0) is 43.2. The average Bonchev–Trinajstić information content (AvgIpc) is 3.13. The molecule has 2 atom stereocenters. The van der Waals surface area contributed by atoms with Gasteiger partial charge in [0, 0.05) is 35.3 Å². The number of aliphatic hydroxyl groups is 1. The van der Waals surface area contributed by atoms with Crippen molar-refractivity contribution < 1.29 is 38.1 Å². The number of benzene rings is 2. The minimum absolute atomic E-state index is 0.0226. The number of hydrogen-bond donors (Lipinski definition) is 1. The monoisotopic (exact) mass is 936 g/mol. The van der Waals surface area contributed by atoms with E-state index in [2.05, 4.69) is 79.6 Å². The Kier molecular flexibility index (Phi) is 16.8. The average molecular weight is 939 g/mol. The van der Waals surface area contributed by atoms with E-state index in [4.69, 9.17) is 23.4 Å². The van der Waals surface area contributed by atoms with Gasteiger partial charge < -0.3 is 37.6 Å². The Bertz CT molecular complexity index is 2190. The summed E-state index contributed by atoms with van der Waals surface area (Å²) in [7, 11) is 1.12. The maximum absolute atomic E-state index is 13.2. The standard InChI is InChI=1S/C24H36BrNO5Si.C18H22BrNO5/c1-10-30-23(28)17-13-26(19-12-21(29-7)18(25)11-16(19)22(17)27)20(15(2)3)14-31-32(8,9)24(4,5)6;1-5-25-18(23)12-8-20(15(9-21)10(2)3)14-7-16(24-4)13(19)6-11(14)17(12)22/h11-13,15,20H,10,14H2,1-9H3;6-8,10,15,21H,5,9H2,1-4H3/t20-;15-/m11/s1. The molecule has 0 amide bonds. The molecule has 0 bridgehead atoms. The first kappa shape index (κ1) is 47.9. The number of fused-ring (bicyclic) bond motifs is 2. The second-order valence-electron chi connectivity index (χ2n) is 15.9. The summed E-state index contributed by atoms with van der Waals surface area (Å²) >= 11 is 6.84. The normalized spacial score (nSPS) is 13.0. The number of aliphatic hydroxyl groups excluding tert-OH is 1. The summed E-state index contributed by atoms with van der Waals surface area (Å²) in [6.07, 6.45) is 3.09. The second-order valence-corrected chi connectivity index (χ2v) is 22.4. The molecule has 0 spiro atoms. The largest absolute Gasteiger partial charge is 0.495 e. The van der Waals surface area contributed by atoms with Crippen LogP contribution in [0.2, 0.25) is 18.1 Å². The lowest BCUT2D eigenvalue weighted by Crippen LogP contribution is -2.42. The van der Waals surface area contributed by atoms with Gasteiger partial charge in [-0.3, -0.25) is 9.59 Å². The van der Waals surface area contributed by atoms with E-state index >= 15 is 0 Å². The number of rotatable bonds is 14. The highest BCUT2D eigenvalue weighted by atomic mass is 79.9. The number of carbonyl (C=O) groups excluding carboxylic acids is 2. The molecule has 0 aliphatic carbocycles. The molecule has 314 valence electrons. The van der Waals surface area contributed by atoms with Crippen molar-refractivity contribution in [2.45, 2.75) is 92.5 Å². The highest BCUT2D eigenvalue weighted by molar-refractivity contribution is 9.11. The molecule has 0 aliphatic heterocycles. The molecule has 57 heavy (non-hydrogen) atoms. The van der Waals surface area contributed by atoms with Crippen molar-refractivity contribution >= 4 is 73.9 Å². The van der Waals surface area contributed by atoms with Crippen molar-refractivity contribution in [1.29, 1.82) is 0 Å². The topological polar surface area (TPSA) is 145 Å². The number of pyridine rings is 2. The lowest BCUT2D eigenvalue weighted by molar-refractivity contribution is 0.0514. The highest BCUT2D eigenvalue weighted by Gasteiger charge is 2.38. The first-order chi connectivity index (χ1) is 26.6. The lowest BCUT2D eigenvalue weighted by atomic mass is 10.0. The molecule has 0 saturated heterocycles. The van der Waals surface area contributed by atoms with Crippen LogP contribution in [-0.2, 0) is 13.9 Å². The van der Waals surface area contributed by atoms with Crippen LogP contribution in [0.15, 0.2) is 55.2 Å². The summed E-state index contributed by atoms with van der Waals surface area (Å²) in [6.45, 7) is 23.4. The molecule has 1 N–H and O–H groups in total. The number of carbonyl (C=O) groups is 2. The number of ether oxygens (including phenoxy) is 4. The molecule has 4 rings (SSSR count). The third kappa shape index (κ3) is 10.8. The fourth-order valence-corrected chi connectivity index (χ4v) is 8.03. The lowest BCUT2D eigenvalue weighted by Gasteiger charge is -2.38. The maximum Gasteiger partial charge on any atom is 0.343 e. The Labute approximate surface area is 353 Å². The van der Waals surface area contributed by atoms with Gasteiger partial charge in [-0.05, 0) is 87.8 Å². The van der Waals surface area contributed by atoms with Gasteiger partial charge in [-0.2, -0.15) is 0 Å². The SMILES string of the molecule is CCOC(=O)c1cn([C@H](CO)C(C)C)c2cc(OC)c(Br)cc2c1=O.CCOC(=O)c1cn([C@H](CO[Si](C)(C)C(C)(C)C)C(C)C)c2cc(OC)c(Br)cc2c1=O. The van der Waals surface area contributed by atoms with E-state index in [1.165, 1.54) is 13.3 Å². The van der Waals surface area contributed by atoms with Gasteiger partial charge in [0.05, 0.1) is 72.7 Å². The zero-order valence-electron chi connectivity index (χ0n) is 35.4. The van der Waals surface area contributed by atoms with Crippen LogP contribution in [0.1, 0.15) is 95.1 Å². The van der Waals surface area contributed by atoms with Crippen molar-refractivity contribution in [3.8, 4) is 11.5 Å². The van der Waals surface area contributed by atoms with Crippen LogP contribution in [0.5, 0.6) is 11.5 Å². The first-order valence-corrected chi connectivity index (χ1v) is 23.5. The second kappa shape index (κ2) is 20.0. The Hall–Kier alpha value is -3.50. The molecule has 15 heteroatoms. The molecule has 4 aromatic rings. The van der Waals surface area contributed by atoms with Gasteiger partial charge in [-0.15, -0.1) is 0 Å². The van der Waals surface area contributed by atoms with E-state index in [0.29, 0.717) is 48.9 Å². The van der Waals surface area contributed by atoms with Gasteiger partial charge in [0.2, 0.25) is 10.9 Å². The van der Waals surface area contributed by atoms with Crippen molar-refractivity contribution in [3.05, 3.63) is 77.2 Å². The predicted octanol–water partition coefficient (Wildman–Crippen LogP) is 9.31. The summed E-state index contributed by atoms with van der Waals surface area (Å²) < 4.78 is 32.5. The number of methoxy groups -OCH3 is 2. The van der Waals surface area contributed by atoms with Crippen LogP contribution < -0.4 is 20.3 Å². The molecule has 0 aliphatic rings. The first-order valence-electron chi connectivity index (χ1n) is 19.0. The fourth-order valence-electron chi connectivity index (χ4n) is 6.00. The number of hydrogen-bond acceptors (Lipinski definition) is 10. The van der Waals surface area contributed by atoms with Crippen LogP contribution in [0.25, 0.3) is 21.8 Å². The Morgan fingerprint density at radius 3 is 1.44 bits per heavy atom. The van der Waals surface area contributed by atoms with E-state index < -0.39 is 25.7 Å². The predicted molar refractivity (Wildman–Crippen MR) is 235 cm³/mol. The molecule has 0 saturated carbocycles. The van der Waals surface area contributed by atoms with Crippen molar-refractivity contribution in [3.63, 3.8) is 0 Å². The van der Waals surface area contributed by atoms with E-state index in [9.17, 15) is 24.3 Å². The van der Waals surface area contributed by atoms with E-state index in [0.717, 1.165) is 0 Å². The highest BCUT2D eigenvalue weighted by Crippen LogP contribution is 2.38. The van der Waals surface area contributed by atoms with Crippen LogP contribution >= 0.6 is 31.9 Å². The van der Waals surface area contributed by atoms with Crippen LogP contribution in [0.4, 0.5) is 0 Å². The molecule has 2 aromatic heterocycles. The number of esters is 2. The molecular weight excluding hydrogens is 880 g/mol. The Morgan fingerprint density at radius 2 is 1.12 bits per heavy atom. The molecule has 0 fully saturated rings. The molecule has 0 radical (unpaired) electrons. The summed E-state index contributed by atoms with van der Waals surface area (Å²) in [5, 5.41) is 10.7. The van der Waals surface area contributed by atoms with Crippen LogP contribution in [-0.4, -0.2) is 75.1 Å². The van der Waals surface area contributed by atoms with Gasteiger partial charge >= 0.3 is 11.9 Å². The minimum Gasteiger partial charge on any atom is -0.495 e. The van der Waals surface area contributed by atoms with Gasteiger partial charge in [-0.25, -0.2) is 9.59 Å². The third-order valence-corrected chi connectivity index (χ3v) is 16.2. The van der Waals surface area contributed by atoms with Gasteiger partial charge in [0.1, 0.15) is 22.6 Å². The van der Waals surface area contributed by atoms with Crippen LogP contribution in [0, 0.1) is 11.8 Å². The van der Waals surface area contributed by atoms with Gasteiger partial charge in [-0.1, -0.05) is 48.5 Å². The van der Waals surface area contributed by atoms with Crippen molar-refractivity contribution in [2.75, 3.05) is 40.6 Å². The summed E-state index contributed by atoms with van der Waals surface area (Å²) in [5.41, 5.74) is 0.491. The molecule has 2 heterocycles. The molecular formula is C42H58Br2N2O10Si. The summed E-state index contributed by atoms with van der Waals surface area (Å²) in [5.74, 6) is 0.159. The van der Waals surface area contributed by atoms with Crippen LogP contribution in [0.3, 0.4) is 0 Å². The molecule has 2 aromatic carbocycles. The van der Waals surface area contributed by atoms with E-state index in [1.54, 1.807) is 49.9 Å². The number of nitrogens with zero attached hydrogens (tertiary/aromatic N) is 2. The minimum atomic E-state index is -2.00. The maximum atomic E-state index is 13.2. The molecule has 12 nitrogen and oxygen atoms in total. The van der Waals surface area contributed by atoms with E-state index in [1.807, 2.05) is 24.5 Å². The molecule has 0 unspecified atom stereocenters. The summed E-state index contributed by atoms with van der Waals surface area (Å²) in [4.78, 5) is 50.8. The Morgan fingerprint density at radius 1 is 0.737 bits per heavy atom. The number of halogens is 2. The smallest absolute Gasteiger partial charge is 0.343 e. The van der Waals surface area contributed by atoms with Gasteiger partial charge in [0.25, 0.3) is 0 Å². The zero-order valence-corrected chi connectivity index (χ0v) is 39.5. The third-order valence-electron chi connectivity index (χ3n) is 10.5. The number of aromatic nitrogens is 2. The van der Waals surface area contributed by atoms with Gasteiger partial charge in [0.15, 0.2) is 8.32 Å². The Balaban J connectivity index is 0.000000315. The van der Waals surface area contributed by atoms with E-state index in [-0.39, 0.29) is 65.3 Å². The fraction of sp³-hybridized carbons (Fsp3) is 0.524. The van der Waals surface area contributed by atoms with Crippen molar-refractivity contribution in [1.82, 2.24) is 9.13 Å². The van der Waals surface area contributed by atoms with Crippen molar-refractivity contribution in [2.24, 2.45) is 11.8 Å². The quantitative estimate of drug-likeness (QED) is 0.0960. The summed E-state index contributed by atoms with van der Waals surface area (Å²) in [6, 6.07) is 6.50.